The molecule has 0 aliphatic heterocycles. The fraction of sp³-hybridized carbons (Fsp3) is 0.286. The van der Waals surface area contributed by atoms with Gasteiger partial charge in [0.1, 0.15) is 5.76 Å². The summed E-state index contributed by atoms with van der Waals surface area (Å²) >= 11 is 4.40. The van der Waals surface area contributed by atoms with Crippen molar-refractivity contribution < 1.29 is 4.42 Å². The van der Waals surface area contributed by atoms with E-state index < -0.39 is 0 Å². The Kier molecular flexibility index (Phi) is 2.87. The Morgan fingerprint density at radius 3 is 3.20 bits per heavy atom. The maximum Gasteiger partial charge on any atom is 0.105 e. The van der Waals surface area contributed by atoms with E-state index >= 15 is 0 Å². The zero-order valence-corrected chi connectivity index (χ0v) is 6.23. The Labute approximate surface area is 64.6 Å². The first-order valence-corrected chi connectivity index (χ1v) is 3.40. The summed E-state index contributed by atoms with van der Waals surface area (Å²) in [4.78, 5) is 3.75. The van der Waals surface area contributed by atoms with Crippen LogP contribution in [0.25, 0.3) is 0 Å². The summed E-state index contributed by atoms with van der Waals surface area (Å²) in [7, 11) is 0. The molecule has 0 saturated heterocycles. The quantitative estimate of drug-likeness (QED) is 0.489. The van der Waals surface area contributed by atoms with Crippen molar-refractivity contribution >= 4 is 17.4 Å². The van der Waals surface area contributed by atoms with Crippen LogP contribution in [0.2, 0.25) is 0 Å². The minimum Gasteiger partial charge on any atom is -0.469 e. The molecule has 0 aliphatic carbocycles. The minimum absolute atomic E-state index is 0.664. The van der Waals surface area contributed by atoms with Gasteiger partial charge in [-0.25, -0.2) is 4.99 Å². The number of thiocarbonyl (C=S) groups is 1. The van der Waals surface area contributed by atoms with Crippen LogP contribution in [0, 0.1) is 0 Å². The van der Waals surface area contributed by atoms with Crippen molar-refractivity contribution in [3.8, 4) is 0 Å². The predicted octanol–water partition coefficient (Wildman–Crippen LogP) is 1.92. The van der Waals surface area contributed by atoms with Gasteiger partial charge in [0.25, 0.3) is 0 Å². The highest BCUT2D eigenvalue weighted by Crippen LogP contribution is 1.99. The Balaban J connectivity index is 2.34. The first-order chi connectivity index (χ1) is 4.93. The topological polar surface area (TPSA) is 25.5 Å². The Morgan fingerprint density at radius 2 is 2.60 bits per heavy atom. The van der Waals surface area contributed by atoms with Gasteiger partial charge < -0.3 is 4.42 Å². The third kappa shape index (κ3) is 2.13. The fourth-order valence-corrected chi connectivity index (χ4v) is 0.758. The van der Waals surface area contributed by atoms with Gasteiger partial charge in [0.05, 0.1) is 18.0 Å². The van der Waals surface area contributed by atoms with Gasteiger partial charge in [-0.05, 0) is 24.4 Å². The molecule has 0 bridgehead atoms. The monoisotopic (exact) mass is 153 g/mol. The SMILES string of the molecule is S=C=NCCc1ccco1. The molecule has 0 radical (unpaired) electrons. The van der Waals surface area contributed by atoms with E-state index in [1.807, 2.05) is 12.1 Å². The fourth-order valence-electron chi connectivity index (χ4n) is 0.667. The van der Waals surface area contributed by atoms with Crippen molar-refractivity contribution in [1.29, 1.82) is 0 Å². The molecular formula is C7H7NOS. The number of nitrogens with zero attached hydrogens (tertiary/aromatic N) is 1. The third-order valence-electron chi connectivity index (χ3n) is 1.11. The van der Waals surface area contributed by atoms with Crippen LogP contribution in [0.4, 0.5) is 0 Å². The summed E-state index contributed by atoms with van der Waals surface area (Å²) in [6.07, 6.45) is 2.45. The van der Waals surface area contributed by atoms with Gasteiger partial charge in [-0.3, -0.25) is 0 Å². The highest BCUT2D eigenvalue weighted by molar-refractivity contribution is 7.78. The second-order valence-electron chi connectivity index (χ2n) is 1.80. The Hall–Kier alpha value is -0.920. The minimum atomic E-state index is 0.664. The molecule has 1 heterocycles. The van der Waals surface area contributed by atoms with Gasteiger partial charge in [-0.2, -0.15) is 0 Å². The molecule has 0 amide bonds. The van der Waals surface area contributed by atoms with E-state index in [1.54, 1.807) is 6.26 Å². The zero-order valence-electron chi connectivity index (χ0n) is 5.41. The van der Waals surface area contributed by atoms with Crippen molar-refractivity contribution in [1.82, 2.24) is 0 Å². The molecule has 0 N–H and O–H groups in total. The summed E-state index contributed by atoms with van der Waals surface area (Å²) in [5.41, 5.74) is 0. The third-order valence-corrected chi connectivity index (χ3v) is 1.24. The first kappa shape index (κ1) is 7.19. The summed E-state index contributed by atoms with van der Waals surface area (Å²) in [6, 6.07) is 3.77. The van der Waals surface area contributed by atoms with E-state index in [0.717, 1.165) is 12.2 Å². The van der Waals surface area contributed by atoms with E-state index in [2.05, 4.69) is 22.4 Å². The van der Waals surface area contributed by atoms with Crippen LogP contribution in [-0.4, -0.2) is 11.7 Å². The Morgan fingerprint density at radius 1 is 1.70 bits per heavy atom. The molecule has 0 unspecified atom stereocenters. The second kappa shape index (κ2) is 3.99. The van der Waals surface area contributed by atoms with Crippen LogP contribution >= 0.6 is 12.2 Å². The van der Waals surface area contributed by atoms with E-state index in [0.29, 0.717) is 6.54 Å². The van der Waals surface area contributed by atoms with E-state index in [1.165, 1.54) is 0 Å². The number of aliphatic imine (C=N–C) groups is 1. The van der Waals surface area contributed by atoms with Crippen molar-refractivity contribution in [2.75, 3.05) is 6.54 Å². The molecule has 1 aromatic rings. The van der Waals surface area contributed by atoms with Crippen molar-refractivity contribution in [3.05, 3.63) is 24.2 Å². The molecule has 0 fully saturated rings. The molecule has 10 heavy (non-hydrogen) atoms. The van der Waals surface area contributed by atoms with Gasteiger partial charge in [0.15, 0.2) is 0 Å². The van der Waals surface area contributed by atoms with E-state index in [9.17, 15) is 0 Å². The lowest BCUT2D eigenvalue weighted by atomic mass is 10.3. The summed E-state index contributed by atoms with van der Waals surface area (Å²) in [6.45, 7) is 0.664. The smallest absolute Gasteiger partial charge is 0.105 e. The average molecular weight is 153 g/mol. The number of hydrogen-bond acceptors (Lipinski definition) is 3. The van der Waals surface area contributed by atoms with Gasteiger partial charge >= 0.3 is 0 Å². The molecule has 1 aromatic heterocycles. The van der Waals surface area contributed by atoms with Gasteiger partial charge in [-0.15, -0.1) is 0 Å². The van der Waals surface area contributed by atoms with Crippen LogP contribution < -0.4 is 0 Å². The Bertz CT molecular complexity index is 224. The molecule has 0 atom stereocenters. The average Bonchev–Trinajstić information content (AvgIpc) is 2.41. The molecule has 52 valence electrons. The van der Waals surface area contributed by atoms with Gasteiger partial charge in [0, 0.05) is 6.42 Å². The van der Waals surface area contributed by atoms with Crippen molar-refractivity contribution in [2.45, 2.75) is 6.42 Å². The number of furan rings is 1. The molecule has 1 rings (SSSR count). The van der Waals surface area contributed by atoms with Crippen LogP contribution in [0.5, 0.6) is 0 Å². The van der Waals surface area contributed by atoms with Gasteiger partial charge in [0.2, 0.25) is 0 Å². The zero-order chi connectivity index (χ0) is 7.23. The van der Waals surface area contributed by atoms with Crippen molar-refractivity contribution in [2.24, 2.45) is 4.99 Å². The lowest BCUT2D eigenvalue weighted by Gasteiger charge is -1.86. The van der Waals surface area contributed by atoms with Crippen LogP contribution in [-0.2, 0) is 6.42 Å². The van der Waals surface area contributed by atoms with E-state index in [-0.39, 0.29) is 0 Å². The number of hydrogen-bond donors (Lipinski definition) is 0. The number of isothiocyanates is 1. The van der Waals surface area contributed by atoms with E-state index in [4.69, 9.17) is 4.42 Å². The molecule has 0 aromatic carbocycles. The molecule has 2 nitrogen and oxygen atoms in total. The van der Waals surface area contributed by atoms with Crippen LogP contribution in [0.1, 0.15) is 5.76 Å². The molecular weight excluding hydrogens is 146 g/mol. The first-order valence-electron chi connectivity index (χ1n) is 2.99. The lowest BCUT2D eigenvalue weighted by molar-refractivity contribution is 0.511. The normalized spacial score (nSPS) is 8.80. The predicted molar refractivity (Wildman–Crippen MR) is 42.3 cm³/mol. The van der Waals surface area contributed by atoms with Crippen molar-refractivity contribution in [3.63, 3.8) is 0 Å². The largest absolute Gasteiger partial charge is 0.469 e. The van der Waals surface area contributed by atoms with Crippen LogP contribution in [0.3, 0.4) is 0 Å². The molecule has 0 aliphatic rings. The molecule has 0 saturated carbocycles. The summed E-state index contributed by atoms with van der Waals surface area (Å²) in [5.74, 6) is 0.939. The highest BCUT2D eigenvalue weighted by Gasteiger charge is 1.91. The molecule has 0 spiro atoms. The second-order valence-corrected chi connectivity index (χ2v) is 1.98. The summed E-state index contributed by atoms with van der Waals surface area (Å²) < 4.78 is 5.06. The highest BCUT2D eigenvalue weighted by atomic mass is 32.1. The number of rotatable bonds is 3. The van der Waals surface area contributed by atoms with Gasteiger partial charge in [-0.1, -0.05) is 0 Å². The van der Waals surface area contributed by atoms with Crippen LogP contribution in [0.15, 0.2) is 27.8 Å². The maximum absolute atomic E-state index is 5.06. The standard InChI is InChI=1S/C7H7NOS/c10-6-8-4-3-7-2-1-5-9-7/h1-2,5H,3-4H2. The molecule has 3 heteroatoms. The maximum atomic E-state index is 5.06. The summed E-state index contributed by atoms with van der Waals surface area (Å²) in [5, 5.41) is 2.30. The lowest BCUT2D eigenvalue weighted by Crippen LogP contribution is -1.84.